The van der Waals surface area contributed by atoms with Crippen molar-refractivity contribution in [2.24, 2.45) is 5.73 Å². The number of thiocarbonyl (C=S) groups is 1. The van der Waals surface area contributed by atoms with E-state index in [1.54, 1.807) is 0 Å². The van der Waals surface area contributed by atoms with Crippen LogP contribution in [0, 0.1) is 0 Å². The van der Waals surface area contributed by atoms with Gasteiger partial charge in [-0.2, -0.15) is 0 Å². The highest BCUT2D eigenvalue weighted by molar-refractivity contribution is 7.80. The van der Waals surface area contributed by atoms with Gasteiger partial charge in [0.05, 0.1) is 0 Å². The van der Waals surface area contributed by atoms with Crippen molar-refractivity contribution in [1.29, 1.82) is 0 Å². The molecule has 0 unspecified atom stereocenters. The Labute approximate surface area is 126 Å². The number of rotatable bonds is 7. The van der Waals surface area contributed by atoms with Crippen molar-refractivity contribution in [3.8, 4) is 0 Å². The second-order valence-electron chi connectivity index (χ2n) is 5.07. The van der Waals surface area contributed by atoms with Crippen LogP contribution in [0.5, 0.6) is 0 Å². The molecule has 2 N–H and O–H groups in total. The fourth-order valence-electron chi connectivity index (χ4n) is 1.86. The number of benzene rings is 1. The summed E-state index contributed by atoms with van der Waals surface area (Å²) in [5, 5.41) is 0.727. The van der Waals surface area contributed by atoms with Crippen LogP contribution in [0.4, 0.5) is 0 Å². The minimum atomic E-state index is 0.382. The van der Waals surface area contributed by atoms with Gasteiger partial charge in [-0.3, -0.25) is 0 Å². The predicted molar refractivity (Wildman–Crippen MR) is 86.8 cm³/mol. The van der Waals surface area contributed by atoms with E-state index in [0.717, 1.165) is 42.2 Å². The first kappa shape index (κ1) is 16.4. The Bertz CT molecular complexity index is 435. The molecular weight excluding hydrogens is 278 g/mol. The standard InChI is InChI=1S/C14H22ClN3S/c1-17(2)7-4-8-18(3)10-12-6-5-11(14(16)19)9-13(12)15/h5-6,9H,4,7-8,10H2,1-3H3,(H2,16,19). The second kappa shape index (κ2) is 7.80. The first-order chi connectivity index (χ1) is 8.90. The summed E-state index contributed by atoms with van der Waals surface area (Å²) < 4.78 is 0. The molecule has 0 heterocycles. The van der Waals surface area contributed by atoms with E-state index >= 15 is 0 Å². The van der Waals surface area contributed by atoms with Gasteiger partial charge in [0, 0.05) is 17.1 Å². The Morgan fingerprint density at radius 2 is 1.95 bits per heavy atom. The fraction of sp³-hybridized carbons (Fsp3) is 0.500. The quantitative estimate of drug-likeness (QED) is 0.784. The summed E-state index contributed by atoms with van der Waals surface area (Å²) in [7, 11) is 6.28. The summed E-state index contributed by atoms with van der Waals surface area (Å²) in [6, 6.07) is 5.77. The summed E-state index contributed by atoms with van der Waals surface area (Å²) in [6.45, 7) is 2.98. The maximum atomic E-state index is 6.25. The third kappa shape index (κ3) is 5.87. The van der Waals surface area contributed by atoms with E-state index in [4.69, 9.17) is 29.6 Å². The zero-order valence-corrected chi connectivity index (χ0v) is 13.4. The molecule has 0 aliphatic carbocycles. The van der Waals surface area contributed by atoms with Gasteiger partial charge in [-0.05, 0) is 52.3 Å². The topological polar surface area (TPSA) is 32.5 Å². The number of nitrogens with zero attached hydrogens (tertiary/aromatic N) is 2. The Morgan fingerprint density at radius 1 is 1.26 bits per heavy atom. The number of halogens is 1. The van der Waals surface area contributed by atoms with Crippen LogP contribution in [0.1, 0.15) is 17.5 Å². The van der Waals surface area contributed by atoms with Crippen LogP contribution in [0.3, 0.4) is 0 Å². The van der Waals surface area contributed by atoms with Crippen molar-refractivity contribution in [3.05, 3.63) is 34.3 Å². The molecule has 19 heavy (non-hydrogen) atoms. The monoisotopic (exact) mass is 299 g/mol. The minimum absolute atomic E-state index is 0.382. The molecule has 0 amide bonds. The summed E-state index contributed by atoms with van der Waals surface area (Å²) in [6.07, 6.45) is 1.14. The van der Waals surface area contributed by atoms with Gasteiger partial charge in [-0.25, -0.2) is 0 Å². The lowest BCUT2D eigenvalue weighted by Crippen LogP contribution is -2.23. The Balaban J connectivity index is 2.54. The fourth-order valence-corrected chi connectivity index (χ4v) is 2.22. The van der Waals surface area contributed by atoms with E-state index in [-0.39, 0.29) is 0 Å². The molecule has 5 heteroatoms. The normalized spacial score (nSPS) is 11.3. The lowest BCUT2D eigenvalue weighted by molar-refractivity contribution is 0.294. The van der Waals surface area contributed by atoms with Crippen LogP contribution in [-0.2, 0) is 6.54 Å². The van der Waals surface area contributed by atoms with Crippen molar-refractivity contribution in [2.75, 3.05) is 34.2 Å². The van der Waals surface area contributed by atoms with Crippen molar-refractivity contribution in [2.45, 2.75) is 13.0 Å². The maximum absolute atomic E-state index is 6.25. The zero-order valence-electron chi connectivity index (χ0n) is 11.8. The van der Waals surface area contributed by atoms with E-state index in [2.05, 4.69) is 30.9 Å². The number of nitrogens with two attached hydrogens (primary N) is 1. The first-order valence-electron chi connectivity index (χ1n) is 6.31. The number of hydrogen-bond donors (Lipinski definition) is 1. The number of hydrogen-bond acceptors (Lipinski definition) is 3. The van der Waals surface area contributed by atoms with Gasteiger partial charge < -0.3 is 15.5 Å². The van der Waals surface area contributed by atoms with Crippen LogP contribution >= 0.6 is 23.8 Å². The minimum Gasteiger partial charge on any atom is -0.389 e. The molecule has 106 valence electrons. The van der Waals surface area contributed by atoms with Crippen LogP contribution in [0.25, 0.3) is 0 Å². The molecule has 0 aliphatic rings. The lowest BCUT2D eigenvalue weighted by atomic mass is 10.1. The van der Waals surface area contributed by atoms with Crippen molar-refractivity contribution >= 4 is 28.8 Å². The van der Waals surface area contributed by atoms with Gasteiger partial charge in [0.2, 0.25) is 0 Å². The molecule has 0 atom stereocenters. The highest BCUT2D eigenvalue weighted by atomic mass is 35.5. The summed E-state index contributed by atoms with van der Waals surface area (Å²) in [4.78, 5) is 4.84. The van der Waals surface area contributed by atoms with Gasteiger partial charge in [0.25, 0.3) is 0 Å². The molecule has 0 bridgehead atoms. The maximum Gasteiger partial charge on any atom is 0.104 e. The Morgan fingerprint density at radius 3 is 2.47 bits per heavy atom. The van der Waals surface area contributed by atoms with E-state index in [1.807, 2.05) is 18.2 Å². The molecule has 0 fully saturated rings. The first-order valence-corrected chi connectivity index (χ1v) is 7.10. The van der Waals surface area contributed by atoms with Gasteiger partial charge >= 0.3 is 0 Å². The molecule has 1 aromatic carbocycles. The SMILES string of the molecule is CN(C)CCCN(C)Cc1ccc(C(N)=S)cc1Cl. The van der Waals surface area contributed by atoms with Crippen LogP contribution in [0.15, 0.2) is 18.2 Å². The van der Waals surface area contributed by atoms with E-state index in [9.17, 15) is 0 Å². The lowest BCUT2D eigenvalue weighted by Gasteiger charge is -2.19. The van der Waals surface area contributed by atoms with Gasteiger partial charge in [0.15, 0.2) is 0 Å². The molecule has 0 saturated carbocycles. The molecular formula is C14H22ClN3S. The highest BCUT2D eigenvalue weighted by Crippen LogP contribution is 2.19. The average molecular weight is 300 g/mol. The molecule has 0 radical (unpaired) electrons. The zero-order chi connectivity index (χ0) is 14.4. The van der Waals surface area contributed by atoms with Crippen LogP contribution in [0.2, 0.25) is 5.02 Å². The van der Waals surface area contributed by atoms with Crippen molar-refractivity contribution in [1.82, 2.24) is 9.80 Å². The van der Waals surface area contributed by atoms with Crippen molar-refractivity contribution in [3.63, 3.8) is 0 Å². The summed E-state index contributed by atoms with van der Waals surface area (Å²) in [5.74, 6) is 0. The van der Waals surface area contributed by atoms with Gasteiger partial charge in [-0.1, -0.05) is 36.0 Å². The summed E-state index contributed by atoms with van der Waals surface area (Å²) >= 11 is 11.2. The van der Waals surface area contributed by atoms with Crippen molar-refractivity contribution < 1.29 is 0 Å². The molecule has 0 spiro atoms. The second-order valence-corrected chi connectivity index (χ2v) is 5.91. The highest BCUT2D eigenvalue weighted by Gasteiger charge is 2.06. The Hall–Kier alpha value is -0.680. The van der Waals surface area contributed by atoms with E-state index in [0.29, 0.717) is 4.99 Å². The molecule has 1 aromatic rings. The van der Waals surface area contributed by atoms with Crippen LogP contribution < -0.4 is 5.73 Å². The van der Waals surface area contributed by atoms with Gasteiger partial charge in [-0.15, -0.1) is 0 Å². The Kier molecular flexibility index (Phi) is 6.72. The molecule has 0 saturated heterocycles. The third-order valence-corrected chi connectivity index (χ3v) is 3.51. The largest absolute Gasteiger partial charge is 0.389 e. The van der Waals surface area contributed by atoms with Gasteiger partial charge in [0.1, 0.15) is 4.99 Å². The van der Waals surface area contributed by atoms with Crippen LogP contribution in [-0.4, -0.2) is 49.0 Å². The molecule has 1 rings (SSSR count). The van der Waals surface area contributed by atoms with E-state index in [1.165, 1.54) is 0 Å². The summed E-state index contributed by atoms with van der Waals surface area (Å²) in [5.41, 5.74) is 7.51. The van der Waals surface area contributed by atoms with E-state index < -0.39 is 0 Å². The molecule has 0 aliphatic heterocycles. The third-order valence-electron chi connectivity index (χ3n) is 2.92. The smallest absolute Gasteiger partial charge is 0.104 e. The average Bonchev–Trinajstić information content (AvgIpc) is 2.31. The molecule has 3 nitrogen and oxygen atoms in total. The molecule has 0 aromatic heterocycles. The predicted octanol–water partition coefficient (Wildman–Crippen LogP) is 2.36.